The molecule has 0 aromatic carbocycles. The first kappa shape index (κ1) is 12.9. The van der Waals surface area contributed by atoms with Crippen LogP contribution in [-0.2, 0) is 14.3 Å². The number of hydrogen-bond acceptors (Lipinski definition) is 3. The molecule has 0 spiro atoms. The van der Waals surface area contributed by atoms with Crippen LogP contribution in [0, 0.1) is 5.92 Å². The number of ether oxygens (including phenoxy) is 2. The number of esters is 1. The van der Waals surface area contributed by atoms with Gasteiger partial charge in [0.25, 0.3) is 0 Å². The van der Waals surface area contributed by atoms with Gasteiger partial charge in [-0.3, -0.25) is 4.79 Å². The number of carbonyl (C=O) groups excluding carboxylic acids is 1. The van der Waals surface area contributed by atoms with Crippen LogP contribution in [0.2, 0.25) is 0 Å². The van der Waals surface area contributed by atoms with Gasteiger partial charge in [-0.25, -0.2) is 0 Å². The van der Waals surface area contributed by atoms with Gasteiger partial charge in [0.15, 0.2) is 0 Å². The van der Waals surface area contributed by atoms with Gasteiger partial charge in [-0.2, -0.15) is 0 Å². The molecule has 0 aromatic rings. The lowest BCUT2D eigenvalue weighted by atomic mass is 9.89. The fourth-order valence-electron chi connectivity index (χ4n) is 2.84. The second kappa shape index (κ2) is 6.39. The van der Waals surface area contributed by atoms with Crippen molar-refractivity contribution in [3.05, 3.63) is 0 Å². The Bertz CT molecular complexity index is 246. The van der Waals surface area contributed by atoms with Crippen LogP contribution in [0.25, 0.3) is 0 Å². The topological polar surface area (TPSA) is 35.5 Å². The zero-order valence-electron chi connectivity index (χ0n) is 10.8. The summed E-state index contributed by atoms with van der Waals surface area (Å²) in [4.78, 5) is 11.8. The molecule has 2 fully saturated rings. The summed E-state index contributed by atoms with van der Waals surface area (Å²) in [5.41, 5.74) is 0. The van der Waals surface area contributed by atoms with Gasteiger partial charge in [0.1, 0.15) is 0 Å². The molecule has 1 heterocycles. The lowest BCUT2D eigenvalue weighted by Gasteiger charge is -2.20. The Hall–Kier alpha value is -0.570. The van der Waals surface area contributed by atoms with Crippen molar-refractivity contribution in [2.75, 3.05) is 6.61 Å². The van der Waals surface area contributed by atoms with Gasteiger partial charge >= 0.3 is 5.97 Å². The largest absolute Gasteiger partial charge is 0.465 e. The number of hydrogen-bond donors (Lipinski definition) is 0. The molecule has 1 saturated carbocycles. The molecule has 0 aromatic heterocycles. The predicted molar refractivity (Wildman–Crippen MR) is 65.7 cm³/mol. The van der Waals surface area contributed by atoms with Crippen molar-refractivity contribution in [2.45, 2.75) is 70.5 Å². The van der Waals surface area contributed by atoms with E-state index in [4.69, 9.17) is 9.47 Å². The summed E-state index contributed by atoms with van der Waals surface area (Å²) in [6.45, 7) is 2.64. The van der Waals surface area contributed by atoms with Gasteiger partial charge in [0, 0.05) is 6.42 Å². The van der Waals surface area contributed by atoms with Crippen molar-refractivity contribution in [1.29, 1.82) is 0 Å². The summed E-state index contributed by atoms with van der Waals surface area (Å²) < 4.78 is 11.1. The van der Waals surface area contributed by atoms with Crippen LogP contribution in [0.1, 0.15) is 58.3 Å². The van der Waals surface area contributed by atoms with Crippen LogP contribution < -0.4 is 0 Å². The van der Waals surface area contributed by atoms with Gasteiger partial charge < -0.3 is 9.47 Å². The smallest absolute Gasteiger partial charge is 0.308 e. The molecule has 3 heteroatoms. The van der Waals surface area contributed by atoms with Gasteiger partial charge in [-0.15, -0.1) is 0 Å². The summed E-state index contributed by atoms with van der Waals surface area (Å²) in [7, 11) is 0. The third-order valence-corrected chi connectivity index (χ3v) is 3.94. The monoisotopic (exact) mass is 240 g/mol. The highest BCUT2D eigenvalue weighted by atomic mass is 16.5. The van der Waals surface area contributed by atoms with E-state index >= 15 is 0 Å². The molecule has 98 valence electrons. The molecule has 17 heavy (non-hydrogen) atoms. The minimum atomic E-state index is 0.0238. The third kappa shape index (κ3) is 3.98. The quantitative estimate of drug-likeness (QED) is 0.708. The molecule has 0 amide bonds. The zero-order chi connectivity index (χ0) is 12.1. The maximum absolute atomic E-state index is 11.8. The minimum absolute atomic E-state index is 0.0238. The van der Waals surface area contributed by atoms with Crippen molar-refractivity contribution in [3.8, 4) is 0 Å². The molecule has 3 nitrogen and oxygen atoms in total. The number of carbonyl (C=O) groups is 1. The first-order valence-electron chi connectivity index (χ1n) is 7.08. The van der Waals surface area contributed by atoms with Crippen LogP contribution >= 0.6 is 0 Å². The van der Waals surface area contributed by atoms with Gasteiger partial charge in [0.2, 0.25) is 0 Å². The minimum Gasteiger partial charge on any atom is -0.465 e. The van der Waals surface area contributed by atoms with E-state index in [0.717, 1.165) is 32.1 Å². The SMILES string of the molecule is CC1CCC(CCOC(=O)C2CCCCC2)O1. The molecule has 0 bridgehead atoms. The molecule has 2 atom stereocenters. The van der Waals surface area contributed by atoms with E-state index in [2.05, 4.69) is 6.92 Å². The Labute approximate surface area is 104 Å². The molecular formula is C14H24O3. The van der Waals surface area contributed by atoms with E-state index in [1.165, 1.54) is 19.3 Å². The highest BCUT2D eigenvalue weighted by molar-refractivity contribution is 5.72. The van der Waals surface area contributed by atoms with Crippen LogP contribution in [0.15, 0.2) is 0 Å². The first-order valence-corrected chi connectivity index (χ1v) is 7.08. The fourth-order valence-corrected chi connectivity index (χ4v) is 2.84. The van der Waals surface area contributed by atoms with Gasteiger partial charge in [-0.1, -0.05) is 19.3 Å². The standard InChI is InChI=1S/C14H24O3/c1-11-7-8-13(17-11)9-10-16-14(15)12-5-3-2-4-6-12/h11-13H,2-10H2,1H3. The lowest BCUT2D eigenvalue weighted by molar-refractivity contribution is -0.150. The van der Waals surface area contributed by atoms with E-state index in [0.29, 0.717) is 18.8 Å². The molecule has 0 radical (unpaired) electrons. The maximum atomic E-state index is 11.8. The third-order valence-electron chi connectivity index (χ3n) is 3.94. The fraction of sp³-hybridized carbons (Fsp3) is 0.929. The lowest BCUT2D eigenvalue weighted by Crippen LogP contribution is -2.22. The normalized spacial score (nSPS) is 30.4. The zero-order valence-corrected chi connectivity index (χ0v) is 10.8. The summed E-state index contributed by atoms with van der Waals surface area (Å²) in [6.07, 6.45) is 9.50. The first-order chi connectivity index (χ1) is 8.25. The average Bonchev–Trinajstić information content (AvgIpc) is 2.76. The van der Waals surface area contributed by atoms with Crippen molar-refractivity contribution >= 4 is 5.97 Å². The highest BCUT2D eigenvalue weighted by Crippen LogP contribution is 2.25. The Morgan fingerprint density at radius 3 is 2.59 bits per heavy atom. The summed E-state index contributed by atoms with van der Waals surface area (Å²) >= 11 is 0. The van der Waals surface area contributed by atoms with E-state index in [1.54, 1.807) is 0 Å². The van der Waals surface area contributed by atoms with Gasteiger partial charge in [-0.05, 0) is 32.6 Å². The molecule has 2 aliphatic rings. The van der Waals surface area contributed by atoms with Gasteiger partial charge in [0.05, 0.1) is 24.7 Å². The molecule has 1 aliphatic heterocycles. The number of rotatable bonds is 4. The van der Waals surface area contributed by atoms with Crippen molar-refractivity contribution in [1.82, 2.24) is 0 Å². The van der Waals surface area contributed by atoms with E-state index in [1.807, 2.05) is 0 Å². The van der Waals surface area contributed by atoms with Crippen LogP contribution in [0.5, 0.6) is 0 Å². The highest BCUT2D eigenvalue weighted by Gasteiger charge is 2.24. The van der Waals surface area contributed by atoms with Crippen LogP contribution in [0.4, 0.5) is 0 Å². The second-order valence-electron chi connectivity index (χ2n) is 5.44. The maximum Gasteiger partial charge on any atom is 0.308 e. The molecule has 1 aliphatic carbocycles. The predicted octanol–water partition coefficient (Wildman–Crippen LogP) is 3.07. The Morgan fingerprint density at radius 2 is 1.94 bits per heavy atom. The summed E-state index contributed by atoms with van der Waals surface area (Å²) in [6, 6.07) is 0. The second-order valence-corrected chi connectivity index (χ2v) is 5.44. The van der Waals surface area contributed by atoms with Crippen LogP contribution in [0.3, 0.4) is 0 Å². The molecule has 2 rings (SSSR count). The Kier molecular flexibility index (Phi) is 4.84. The van der Waals surface area contributed by atoms with E-state index in [9.17, 15) is 4.79 Å². The average molecular weight is 240 g/mol. The van der Waals surface area contributed by atoms with Crippen molar-refractivity contribution < 1.29 is 14.3 Å². The molecular weight excluding hydrogens is 216 g/mol. The van der Waals surface area contributed by atoms with E-state index < -0.39 is 0 Å². The molecule has 1 saturated heterocycles. The van der Waals surface area contributed by atoms with Crippen molar-refractivity contribution in [3.63, 3.8) is 0 Å². The summed E-state index contributed by atoms with van der Waals surface area (Å²) in [5, 5.41) is 0. The summed E-state index contributed by atoms with van der Waals surface area (Å²) in [5.74, 6) is 0.197. The Morgan fingerprint density at radius 1 is 1.18 bits per heavy atom. The van der Waals surface area contributed by atoms with Crippen molar-refractivity contribution in [2.24, 2.45) is 5.92 Å². The Balaban J connectivity index is 1.59. The molecule has 2 unspecified atom stereocenters. The van der Waals surface area contributed by atoms with Crippen LogP contribution in [-0.4, -0.2) is 24.8 Å². The van der Waals surface area contributed by atoms with E-state index in [-0.39, 0.29) is 11.9 Å². The molecule has 0 N–H and O–H groups in total.